The molecule has 1 fully saturated rings. The summed E-state index contributed by atoms with van der Waals surface area (Å²) >= 11 is 0. The van der Waals surface area contributed by atoms with Gasteiger partial charge >= 0.3 is 0 Å². The summed E-state index contributed by atoms with van der Waals surface area (Å²) in [7, 11) is 0. The van der Waals surface area contributed by atoms with Gasteiger partial charge in [-0.15, -0.1) is 0 Å². The molecule has 0 heterocycles. The number of aryl methyl sites for hydroxylation is 1. The summed E-state index contributed by atoms with van der Waals surface area (Å²) in [6.07, 6.45) is 5.20. The number of hydrogen-bond donors (Lipinski definition) is 1. The monoisotopic (exact) mass is 217 g/mol. The quantitative estimate of drug-likeness (QED) is 0.814. The third kappa shape index (κ3) is 2.85. The maximum Gasteiger partial charge on any atom is 0.0156 e. The molecule has 1 atom stereocenters. The van der Waals surface area contributed by atoms with E-state index in [1.54, 1.807) is 0 Å². The van der Waals surface area contributed by atoms with Crippen LogP contribution in [0.5, 0.6) is 0 Å². The molecule has 0 aliphatic heterocycles. The van der Waals surface area contributed by atoms with Gasteiger partial charge in [-0.05, 0) is 52.0 Å². The van der Waals surface area contributed by atoms with Gasteiger partial charge in [0.05, 0.1) is 0 Å². The van der Waals surface area contributed by atoms with Crippen LogP contribution in [0.25, 0.3) is 0 Å². The van der Waals surface area contributed by atoms with E-state index in [9.17, 15) is 0 Å². The summed E-state index contributed by atoms with van der Waals surface area (Å²) in [5, 5.41) is 3.76. The molecule has 0 aromatic heterocycles. The van der Waals surface area contributed by atoms with Gasteiger partial charge in [-0.1, -0.05) is 29.8 Å². The van der Waals surface area contributed by atoms with Crippen LogP contribution in [0.3, 0.4) is 0 Å². The lowest BCUT2D eigenvalue weighted by Crippen LogP contribution is -2.52. The van der Waals surface area contributed by atoms with Crippen LogP contribution in [0.15, 0.2) is 24.3 Å². The van der Waals surface area contributed by atoms with Gasteiger partial charge in [0.25, 0.3) is 0 Å². The van der Waals surface area contributed by atoms with Crippen LogP contribution in [-0.4, -0.2) is 11.6 Å². The molecule has 1 saturated carbocycles. The van der Waals surface area contributed by atoms with E-state index in [-0.39, 0.29) is 0 Å². The second kappa shape index (κ2) is 4.58. The lowest BCUT2D eigenvalue weighted by atomic mass is 9.78. The Morgan fingerprint density at radius 2 is 1.88 bits per heavy atom. The molecule has 1 aliphatic rings. The molecule has 1 heteroatoms. The predicted octanol–water partition coefficient (Wildman–Crippen LogP) is 3.46. The van der Waals surface area contributed by atoms with E-state index < -0.39 is 0 Å². The van der Waals surface area contributed by atoms with Gasteiger partial charge in [-0.3, -0.25) is 0 Å². The lowest BCUT2D eigenvalue weighted by molar-refractivity contribution is 0.189. The van der Waals surface area contributed by atoms with Crippen LogP contribution in [0.4, 0.5) is 0 Å². The summed E-state index contributed by atoms with van der Waals surface area (Å²) < 4.78 is 0. The first-order valence-electron chi connectivity index (χ1n) is 6.41. The molecule has 0 radical (unpaired) electrons. The number of benzene rings is 1. The summed E-state index contributed by atoms with van der Waals surface area (Å²) in [5.41, 5.74) is 3.20. The average Bonchev–Trinajstić information content (AvgIpc) is 2.19. The van der Waals surface area contributed by atoms with Crippen LogP contribution >= 0.6 is 0 Å². The first kappa shape index (κ1) is 11.7. The molecule has 0 spiro atoms. The van der Waals surface area contributed by atoms with Crippen molar-refractivity contribution in [2.75, 3.05) is 0 Å². The van der Waals surface area contributed by atoms with Crippen molar-refractivity contribution >= 4 is 0 Å². The maximum absolute atomic E-state index is 3.76. The van der Waals surface area contributed by atoms with Crippen LogP contribution in [0, 0.1) is 6.92 Å². The molecule has 1 nitrogen and oxygen atoms in total. The predicted molar refractivity (Wildman–Crippen MR) is 69.7 cm³/mol. The van der Waals surface area contributed by atoms with Gasteiger partial charge in [0.1, 0.15) is 0 Å². The molecular weight excluding hydrogens is 194 g/mol. The van der Waals surface area contributed by atoms with Gasteiger partial charge in [-0.25, -0.2) is 0 Å². The zero-order valence-corrected chi connectivity index (χ0v) is 10.7. The molecule has 1 aliphatic carbocycles. The van der Waals surface area contributed by atoms with Crippen molar-refractivity contribution in [2.45, 2.75) is 58.0 Å². The third-order valence-electron chi connectivity index (χ3n) is 3.71. The zero-order valence-electron chi connectivity index (χ0n) is 10.7. The van der Waals surface area contributed by atoms with Crippen molar-refractivity contribution < 1.29 is 0 Å². The van der Waals surface area contributed by atoms with Crippen LogP contribution in [0.1, 0.15) is 44.2 Å². The van der Waals surface area contributed by atoms with Gasteiger partial charge in [-0.2, -0.15) is 0 Å². The molecule has 1 unspecified atom stereocenters. The lowest BCUT2D eigenvalue weighted by Gasteiger charge is -2.41. The third-order valence-corrected chi connectivity index (χ3v) is 3.71. The molecule has 0 amide bonds. The molecule has 2 rings (SSSR count). The molecule has 1 aromatic carbocycles. The summed E-state index contributed by atoms with van der Waals surface area (Å²) in [5.74, 6) is 0. The van der Waals surface area contributed by atoms with E-state index in [0.717, 1.165) is 6.42 Å². The first-order valence-corrected chi connectivity index (χ1v) is 6.41. The van der Waals surface area contributed by atoms with Crippen molar-refractivity contribution in [3.63, 3.8) is 0 Å². The molecule has 16 heavy (non-hydrogen) atoms. The fourth-order valence-electron chi connectivity index (χ4n) is 2.58. The van der Waals surface area contributed by atoms with E-state index in [4.69, 9.17) is 0 Å². The number of hydrogen-bond acceptors (Lipinski definition) is 1. The van der Waals surface area contributed by atoms with Crippen LogP contribution in [-0.2, 0) is 6.42 Å². The second-order valence-electron chi connectivity index (χ2n) is 5.65. The summed E-state index contributed by atoms with van der Waals surface area (Å²) in [6.45, 7) is 6.78. The SMILES string of the molecule is Cc1ccc(CC(C)NC2(C)CCC2)cc1. The molecular formula is C15H23N. The minimum Gasteiger partial charge on any atom is -0.309 e. The van der Waals surface area contributed by atoms with Gasteiger partial charge in [0.15, 0.2) is 0 Å². The standard InChI is InChI=1S/C15H23N/c1-12-5-7-14(8-6-12)11-13(2)16-15(3)9-4-10-15/h5-8,13,16H,4,9-11H2,1-3H3. The Bertz CT molecular complexity index is 335. The highest BCUT2D eigenvalue weighted by Crippen LogP contribution is 2.31. The Morgan fingerprint density at radius 1 is 1.25 bits per heavy atom. The second-order valence-corrected chi connectivity index (χ2v) is 5.65. The highest BCUT2D eigenvalue weighted by atomic mass is 15.0. The van der Waals surface area contributed by atoms with E-state index >= 15 is 0 Å². The van der Waals surface area contributed by atoms with Gasteiger partial charge < -0.3 is 5.32 Å². The summed E-state index contributed by atoms with van der Waals surface area (Å²) in [6, 6.07) is 9.47. The molecule has 1 aromatic rings. The van der Waals surface area contributed by atoms with Crippen molar-refractivity contribution in [1.29, 1.82) is 0 Å². The normalized spacial score (nSPS) is 20.2. The topological polar surface area (TPSA) is 12.0 Å². The van der Waals surface area contributed by atoms with Crippen molar-refractivity contribution in [2.24, 2.45) is 0 Å². The molecule has 0 saturated heterocycles. The average molecular weight is 217 g/mol. The van der Waals surface area contributed by atoms with Crippen molar-refractivity contribution in [1.82, 2.24) is 5.32 Å². The highest BCUT2D eigenvalue weighted by molar-refractivity contribution is 5.22. The van der Waals surface area contributed by atoms with E-state index in [1.807, 2.05) is 0 Å². The Morgan fingerprint density at radius 3 is 2.38 bits per heavy atom. The smallest absolute Gasteiger partial charge is 0.0156 e. The molecule has 1 N–H and O–H groups in total. The Balaban J connectivity index is 1.86. The minimum atomic E-state index is 0.421. The van der Waals surface area contributed by atoms with Gasteiger partial charge in [0.2, 0.25) is 0 Å². The molecule has 0 bridgehead atoms. The van der Waals surface area contributed by atoms with Crippen LogP contribution in [0.2, 0.25) is 0 Å². The van der Waals surface area contributed by atoms with Crippen molar-refractivity contribution in [3.8, 4) is 0 Å². The van der Waals surface area contributed by atoms with Crippen LogP contribution < -0.4 is 5.32 Å². The van der Waals surface area contributed by atoms with E-state index in [2.05, 4.69) is 50.4 Å². The highest BCUT2D eigenvalue weighted by Gasteiger charge is 2.32. The fourth-order valence-corrected chi connectivity index (χ4v) is 2.58. The Hall–Kier alpha value is -0.820. The first-order chi connectivity index (χ1) is 7.57. The fraction of sp³-hybridized carbons (Fsp3) is 0.600. The minimum absolute atomic E-state index is 0.421. The largest absolute Gasteiger partial charge is 0.309 e. The number of rotatable bonds is 4. The Labute approximate surface area is 99.3 Å². The number of nitrogens with one attached hydrogen (secondary N) is 1. The van der Waals surface area contributed by atoms with Crippen molar-refractivity contribution in [3.05, 3.63) is 35.4 Å². The van der Waals surface area contributed by atoms with Gasteiger partial charge in [0, 0.05) is 11.6 Å². The molecule has 88 valence electrons. The Kier molecular flexibility index (Phi) is 3.34. The van der Waals surface area contributed by atoms with E-state index in [1.165, 1.54) is 30.4 Å². The summed E-state index contributed by atoms with van der Waals surface area (Å²) in [4.78, 5) is 0. The van der Waals surface area contributed by atoms with E-state index in [0.29, 0.717) is 11.6 Å². The maximum atomic E-state index is 3.76. The zero-order chi connectivity index (χ0) is 11.6.